The average molecular weight is 302 g/mol. The van der Waals surface area contributed by atoms with Gasteiger partial charge < -0.3 is 0 Å². The summed E-state index contributed by atoms with van der Waals surface area (Å²) in [4.78, 5) is 3.38. The standard InChI is InChI=1S/C11H12F2N4O2S/c1-7-14-11(15-17(7)2)16-20(18,19)9-6-4-3-5-8(9)10(12)13/h3-6,10H,1-2H3,(H,15,16). The molecule has 0 fully saturated rings. The minimum Gasteiger partial charge on any atom is -0.251 e. The first-order valence-electron chi connectivity index (χ1n) is 5.59. The number of hydrogen-bond acceptors (Lipinski definition) is 4. The Kier molecular flexibility index (Phi) is 3.71. The van der Waals surface area contributed by atoms with E-state index in [0.29, 0.717) is 5.82 Å². The molecule has 0 spiro atoms. The lowest BCUT2D eigenvalue weighted by Crippen LogP contribution is -2.16. The molecule has 108 valence electrons. The highest BCUT2D eigenvalue weighted by molar-refractivity contribution is 7.92. The molecule has 0 aliphatic rings. The van der Waals surface area contributed by atoms with E-state index in [2.05, 4.69) is 14.8 Å². The number of hydrogen-bond donors (Lipinski definition) is 1. The molecule has 1 heterocycles. The SMILES string of the molecule is Cc1nc(NS(=O)(=O)c2ccccc2C(F)F)nn1C. The summed E-state index contributed by atoms with van der Waals surface area (Å²) in [5.74, 6) is 0.332. The summed E-state index contributed by atoms with van der Waals surface area (Å²) in [6.07, 6.45) is -2.89. The zero-order valence-corrected chi connectivity index (χ0v) is 11.5. The second kappa shape index (κ2) is 5.16. The summed E-state index contributed by atoms with van der Waals surface area (Å²) in [5.41, 5.74) is -0.562. The molecule has 0 radical (unpaired) electrons. The summed E-state index contributed by atoms with van der Waals surface area (Å²) in [7, 11) is -2.57. The van der Waals surface area contributed by atoms with Crippen molar-refractivity contribution in [1.29, 1.82) is 0 Å². The van der Waals surface area contributed by atoms with Gasteiger partial charge in [-0.3, -0.25) is 4.68 Å². The van der Waals surface area contributed by atoms with Gasteiger partial charge in [0.25, 0.3) is 22.4 Å². The summed E-state index contributed by atoms with van der Waals surface area (Å²) in [5, 5.41) is 3.82. The average Bonchev–Trinajstić information content (AvgIpc) is 2.67. The van der Waals surface area contributed by atoms with Gasteiger partial charge in [0.1, 0.15) is 5.82 Å². The van der Waals surface area contributed by atoms with Gasteiger partial charge in [-0.15, -0.1) is 5.10 Å². The smallest absolute Gasteiger partial charge is 0.251 e. The van der Waals surface area contributed by atoms with Crippen molar-refractivity contribution in [3.05, 3.63) is 35.7 Å². The van der Waals surface area contributed by atoms with Crippen molar-refractivity contribution in [2.45, 2.75) is 18.2 Å². The maximum atomic E-state index is 12.8. The maximum Gasteiger partial charge on any atom is 0.265 e. The van der Waals surface area contributed by atoms with Gasteiger partial charge in [0.2, 0.25) is 0 Å². The van der Waals surface area contributed by atoms with Crippen molar-refractivity contribution in [2.24, 2.45) is 7.05 Å². The molecular formula is C11H12F2N4O2S. The van der Waals surface area contributed by atoms with Gasteiger partial charge in [-0.2, -0.15) is 4.98 Å². The molecule has 0 aliphatic carbocycles. The van der Waals surface area contributed by atoms with Gasteiger partial charge in [0.15, 0.2) is 0 Å². The van der Waals surface area contributed by atoms with E-state index in [0.717, 1.165) is 12.1 Å². The van der Waals surface area contributed by atoms with Crippen molar-refractivity contribution in [3.8, 4) is 0 Å². The molecule has 0 saturated carbocycles. The van der Waals surface area contributed by atoms with Crippen LogP contribution in [0.1, 0.15) is 17.8 Å². The molecule has 1 N–H and O–H groups in total. The van der Waals surface area contributed by atoms with Crippen molar-refractivity contribution >= 4 is 16.0 Å². The molecule has 1 aromatic heterocycles. The molecule has 1 aromatic carbocycles. The second-order valence-electron chi connectivity index (χ2n) is 4.05. The van der Waals surface area contributed by atoms with Gasteiger partial charge in [-0.1, -0.05) is 18.2 Å². The van der Waals surface area contributed by atoms with Crippen LogP contribution in [-0.2, 0) is 17.1 Å². The van der Waals surface area contributed by atoms with Crippen LogP contribution in [0.5, 0.6) is 0 Å². The monoisotopic (exact) mass is 302 g/mol. The third-order valence-electron chi connectivity index (χ3n) is 2.65. The predicted molar refractivity (Wildman–Crippen MR) is 67.9 cm³/mol. The van der Waals surface area contributed by atoms with Crippen LogP contribution in [0.4, 0.5) is 14.7 Å². The van der Waals surface area contributed by atoms with Crippen molar-refractivity contribution in [1.82, 2.24) is 14.8 Å². The van der Waals surface area contributed by atoms with Crippen LogP contribution in [0, 0.1) is 6.92 Å². The number of aryl methyl sites for hydroxylation is 2. The fraction of sp³-hybridized carbons (Fsp3) is 0.273. The lowest BCUT2D eigenvalue weighted by molar-refractivity contribution is 0.148. The Bertz CT molecular complexity index is 708. The van der Waals surface area contributed by atoms with Crippen molar-refractivity contribution < 1.29 is 17.2 Å². The number of nitrogens with one attached hydrogen (secondary N) is 1. The number of anilines is 1. The molecule has 0 atom stereocenters. The first kappa shape index (κ1) is 14.4. The topological polar surface area (TPSA) is 76.9 Å². The Balaban J connectivity index is 2.41. The summed E-state index contributed by atoms with van der Waals surface area (Å²) in [6.45, 7) is 1.64. The summed E-state index contributed by atoms with van der Waals surface area (Å²) in [6, 6.07) is 4.90. The van der Waals surface area contributed by atoms with Gasteiger partial charge in [0.05, 0.1) is 4.90 Å². The molecule has 0 amide bonds. The van der Waals surface area contributed by atoms with E-state index in [4.69, 9.17) is 0 Å². The van der Waals surface area contributed by atoms with E-state index < -0.39 is 26.9 Å². The molecule has 0 unspecified atom stereocenters. The van der Waals surface area contributed by atoms with Gasteiger partial charge in [-0.05, 0) is 13.0 Å². The Morgan fingerprint density at radius 1 is 1.30 bits per heavy atom. The zero-order valence-electron chi connectivity index (χ0n) is 10.7. The highest BCUT2D eigenvalue weighted by Gasteiger charge is 2.24. The molecule has 0 saturated heterocycles. The molecule has 9 heteroatoms. The number of aromatic nitrogens is 3. The van der Waals surface area contributed by atoms with E-state index in [-0.39, 0.29) is 5.95 Å². The van der Waals surface area contributed by atoms with E-state index in [1.54, 1.807) is 14.0 Å². The summed E-state index contributed by atoms with van der Waals surface area (Å²) >= 11 is 0. The van der Waals surface area contributed by atoms with Crippen LogP contribution in [0.3, 0.4) is 0 Å². The molecule has 2 rings (SSSR count). The predicted octanol–water partition coefficient (Wildman–Crippen LogP) is 1.86. The number of rotatable bonds is 4. The van der Waals surface area contributed by atoms with Crippen LogP contribution in [0.2, 0.25) is 0 Å². The quantitative estimate of drug-likeness (QED) is 0.935. The fourth-order valence-electron chi connectivity index (χ4n) is 1.59. The molecule has 2 aromatic rings. The van der Waals surface area contributed by atoms with Crippen LogP contribution >= 0.6 is 0 Å². The normalized spacial score (nSPS) is 11.8. The maximum absolute atomic E-state index is 12.8. The van der Waals surface area contributed by atoms with E-state index in [1.165, 1.54) is 16.8 Å². The number of benzene rings is 1. The van der Waals surface area contributed by atoms with Gasteiger partial charge in [0, 0.05) is 12.6 Å². The number of halogens is 2. The molecule has 20 heavy (non-hydrogen) atoms. The van der Waals surface area contributed by atoms with Crippen molar-refractivity contribution in [3.63, 3.8) is 0 Å². The van der Waals surface area contributed by atoms with Gasteiger partial charge in [-0.25, -0.2) is 21.9 Å². The molecule has 0 bridgehead atoms. The molecule has 6 nitrogen and oxygen atoms in total. The van der Waals surface area contributed by atoms with E-state index in [1.807, 2.05) is 0 Å². The third-order valence-corrected chi connectivity index (χ3v) is 4.05. The van der Waals surface area contributed by atoms with Gasteiger partial charge >= 0.3 is 0 Å². The third kappa shape index (κ3) is 2.77. The highest BCUT2D eigenvalue weighted by atomic mass is 32.2. The first-order chi connectivity index (χ1) is 9.31. The van der Waals surface area contributed by atoms with Crippen LogP contribution < -0.4 is 4.72 Å². The molecule has 0 aliphatic heterocycles. The molecular weight excluding hydrogens is 290 g/mol. The largest absolute Gasteiger partial charge is 0.265 e. The lowest BCUT2D eigenvalue weighted by Gasteiger charge is -2.09. The number of nitrogens with zero attached hydrogens (tertiary/aromatic N) is 3. The second-order valence-corrected chi connectivity index (χ2v) is 5.70. The summed E-state index contributed by atoms with van der Waals surface area (Å²) < 4.78 is 53.4. The Morgan fingerprint density at radius 2 is 1.95 bits per heavy atom. The van der Waals surface area contributed by atoms with Crippen LogP contribution in [0.25, 0.3) is 0 Å². The Labute approximate surface area is 114 Å². The fourth-order valence-corrected chi connectivity index (χ4v) is 2.75. The van der Waals surface area contributed by atoms with Crippen LogP contribution in [-0.4, -0.2) is 23.2 Å². The zero-order chi connectivity index (χ0) is 14.9. The highest BCUT2D eigenvalue weighted by Crippen LogP contribution is 2.27. The van der Waals surface area contributed by atoms with E-state index in [9.17, 15) is 17.2 Å². The Morgan fingerprint density at radius 3 is 2.50 bits per heavy atom. The minimum absolute atomic E-state index is 0.158. The first-order valence-corrected chi connectivity index (χ1v) is 7.07. The number of alkyl halides is 2. The van der Waals surface area contributed by atoms with Crippen LogP contribution in [0.15, 0.2) is 29.2 Å². The van der Waals surface area contributed by atoms with E-state index >= 15 is 0 Å². The minimum atomic E-state index is -4.16. The Hall–Kier alpha value is -2.03. The lowest BCUT2D eigenvalue weighted by atomic mass is 10.2. The van der Waals surface area contributed by atoms with Crippen molar-refractivity contribution in [2.75, 3.05) is 4.72 Å². The number of sulfonamides is 1.